The number of hydrogen-bond donors (Lipinski definition) is 2. The molecule has 8 heteroatoms. The summed E-state index contributed by atoms with van der Waals surface area (Å²) in [4.78, 5) is 24.0. The maximum absolute atomic E-state index is 12.0. The molecule has 7 nitrogen and oxygen atoms in total. The number of carbonyl (C=O) groups excluding carboxylic acids is 2. The van der Waals surface area contributed by atoms with Crippen molar-refractivity contribution in [1.29, 1.82) is 0 Å². The molecular formula is C20H31NO6Si. The van der Waals surface area contributed by atoms with Crippen LogP contribution in [0.4, 0.5) is 4.79 Å². The molecule has 0 aliphatic carbocycles. The number of ether oxygens (including phenoxy) is 2. The van der Waals surface area contributed by atoms with Crippen LogP contribution < -0.4 is 5.32 Å². The van der Waals surface area contributed by atoms with Crippen molar-refractivity contribution in [2.45, 2.75) is 70.2 Å². The molecule has 1 aliphatic rings. The molecule has 0 radical (unpaired) electrons. The molecule has 2 rings (SSSR count). The number of amides is 1. The second-order valence-electron chi connectivity index (χ2n) is 8.61. The van der Waals surface area contributed by atoms with E-state index in [9.17, 15) is 14.7 Å². The Morgan fingerprint density at radius 3 is 2.57 bits per heavy atom. The van der Waals surface area contributed by atoms with E-state index in [1.54, 1.807) is 0 Å². The molecule has 0 aromatic heterocycles. The first-order chi connectivity index (χ1) is 13.0. The molecule has 2 N–H and O–H groups in total. The number of benzene rings is 1. The molecule has 0 unspecified atom stereocenters. The molecule has 156 valence electrons. The summed E-state index contributed by atoms with van der Waals surface area (Å²) in [5.74, 6) is -0.576. The van der Waals surface area contributed by atoms with E-state index in [1.165, 1.54) is 0 Å². The van der Waals surface area contributed by atoms with E-state index in [2.05, 4.69) is 39.2 Å². The number of carbonyl (C=O) groups is 2. The maximum atomic E-state index is 12.0. The van der Waals surface area contributed by atoms with Gasteiger partial charge in [0.2, 0.25) is 0 Å². The van der Waals surface area contributed by atoms with Crippen LogP contribution in [-0.4, -0.2) is 50.3 Å². The minimum Gasteiger partial charge on any atom is -0.458 e. The topological polar surface area (TPSA) is 94.1 Å². The Labute approximate surface area is 167 Å². The average molecular weight is 410 g/mol. The normalized spacial score (nSPS) is 21.1. The lowest BCUT2D eigenvalue weighted by molar-refractivity contribution is -0.147. The molecular weight excluding hydrogens is 378 g/mol. The van der Waals surface area contributed by atoms with Gasteiger partial charge in [-0.3, -0.25) is 0 Å². The van der Waals surface area contributed by atoms with E-state index in [1.807, 2.05) is 30.3 Å². The van der Waals surface area contributed by atoms with Gasteiger partial charge in [0.25, 0.3) is 0 Å². The van der Waals surface area contributed by atoms with Crippen LogP contribution in [0, 0.1) is 0 Å². The van der Waals surface area contributed by atoms with Gasteiger partial charge in [-0.25, -0.2) is 9.59 Å². The number of esters is 1. The Hall–Kier alpha value is -1.90. The van der Waals surface area contributed by atoms with E-state index in [4.69, 9.17) is 13.9 Å². The summed E-state index contributed by atoms with van der Waals surface area (Å²) >= 11 is 0. The van der Waals surface area contributed by atoms with Crippen LogP contribution in [0.25, 0.3) is 0 Å². The molecule has 1 fully saturated rings. The van der Waals surface area contributed by atoms with E-state index < -0.39 is 38.6 Å². The highest BCUT2D eigenvalue weighted by molar-refractivity contribution is 6.74. The fourth-order valence-electron chi connectivity index (χ4n) is 2.49. The molecule has 1 aromatic rings. The second-order valence-corrected chi connectivity index (χ2v) is 13.4. The summed E-state index contributed by atoms with van der Waals surface area (Å²) in [6, 6.07) is 8.41. The predicted molar refractivity (Wildman–Crippen MR) is 107 cm³/mol. The van der Waals surface area contributed by atoms with Crippen LogP contribution in [0.15, 0.2) is 30.3 Å². The summed E-state index contributed by atoms with van der Waals surface area (Å²) in [6.45, 7) is 10.7. The highest BCUT2D eigenvalue weighted by Gasteiger charge is 2.42. The first kappa shape index (κ1) is 22.4. The van der Waals surface area contributed by atoms with Crippen LogP contribution in [0.1, 0.15) is 32.8 Å². The minimum absolute atomic E-state index is 0.0195. The lowest BCUT2D eigenvalue weighted by Crippen LogP contribution is -2.44. The zero-order valence-corrected chi connectivity index (χ0v) is 18.2. The molecule has 1 aromatic carbocycles. The number of alkyl carbamates (subject to hydrolysis) is 1. The fraction of sp³-hybridized carbons (Fsp3) is 0.600. The van der Waals surface area contributed by atoms with Gasteiger partial charge in [0.1, 0.15) is 24.9 Å². The lowest BCUT2D eigenvalue weighted by Gasteiger charge is -2.37. The molecule has 1 amide bonds. The fourth-order valence-corrected chi connectivity index (χ4v) is 3.51. The van der Waals surface area contributed by atoms with Crippen molar-refractivity contribution in [3.05, 3.63) is 35.9 Å². The van der Waals surface area contributed by atoms with Crippen LogP contribution >= 0.6 is 0 Å². The molecule has 28 heavy (non-hydrogen) atoms. The van der Waals surface area contributed by atoms with Crippen molar-refractivity contribution in [3.8, 4) is 0 Å². The number of aliphatic hydroxyl groups is 1. The van der Waals surface area contributed by atoms with E-state index in [0.29, 0.717) is 0 Å². The van der Waals surface area contributed by atoms with Crippen LogP contribution in [-0.2, 0) is 25.3 Å². The zero-order valence-electron chi connectivity index (χ0n) is 17.2. The number of cyclic esters (lactones) is 1. The molecule has 1 aliphatic heterocycles. The van der Waals surface area contributed by atoms with Gasteiger partial charge in [-0.1, -0.05) is 51.1 Å². The van der Waals surface area contributed by atoms with Gasteiger partial charge in [-0.15, -0.1) is 0 Å². The quantitative estimate of drug-likeness (QED) is 0.531. The first-order valence-electron chi connectivity index (χ1n) is 9.49. The SMILES string of the molecule is CC(C)(C)[Si](C)(C)OC[C@H](O)[C@@H]1C[C@H](NC(=O)OCc2ccccc2)C(=O)O1. The molecule has 1 saturated heterocycles. The molecule has 0 bridgehead atoms. The minimum atomic E-state index is -2.01. The highest BCUT2D eigenvalue weighted by atomic mass is 28.4. The Balaban J connectivity index is 1.79. The summed E-state index contributed by atoms with van der Waals surface area (Å²) in [5.41, 5.74) is 0.850. The molecule has 0 saturated carbocycles. The summed E-state index contributed by atoms with van der Waals surface area (Å²) < 4.78 is 16.3. The molecule has 3 atom stereocenters. The average Bonchev–Trinajstić information content (AvgIpc) is 2.98. The predicted octanol–water partition coefficient (Wildman–Crippen LogP) is 2.98. The number of hydrogen-bond acceptors (Lipinski definition) is 6. The lowest BCUT2D eigenvalue weighted by atomic mass is 10.1. The standard InChI is InChI=1S/C20H31NO6Si/c1-20(2,3)28(4,5)26-13-16(22)17-11-15(18(23)27-17)21-19(24)25-12-14-9-7-6-8-10-14/h6-10,15-17,22H,11-13H2,1-5H3,(H,21,24)/t15-,16-,17-/m0/s1. The van der Waals surface area contributed by atoms with Crippen molar-refractivity contribution in [2.75, 3.05) is 6.61 Å². The Bertz CT molecular complexity index is 673. The monoisotopic (exact) mass is 409 g/mol. The molecule has 0 spiro atoms. The van der Waals surface area contributed by atoms with E-state index in [-0.39, 0.29) is 24.7 Å². The van der Waals surface area contributed by atoms with Gasteiger partial charge in [-0.05, 0) is 23.7 Å². The third kappa shape index (κ3) is 6.05. The van der Waals surface area contributed by atoms with Crippen LogP contribution in [0.5, 0.6) is 0 Å². The highest BCUT2D eigenvalue weighted by Crippen LogP contribution is 2.36. The van der Waals surface area contributed by atoms with Crippen LogP contribution in [0.3, 0.4) is 0 Å². The zero-order chi connectivity index (χ0) is 20.9. The third-order valence-electron chi connectivity index (χ3n) is 5.38. The first-order valence-corrected chi connectivity index (χ1v) is 12.4. The van der Waals surface area contributed by atoms with Crippen LogP contribution in [0.2, 0.25) is 18.1 Å². The van der Waals surface area contributed by atoms with Gasteiger partial charge < -0.3 is 24.3 Å². The maximum Gasteiger partial charge on any atom is 0.408 e. The van der Waals surface area contributed by atoms with Crippen molar-refractivity contribution < 1.29 is 28.6 Å². The van der Waals surface area contributed by atoms with E-state index >= 15 is 0 Å². The Kier molecular flexibility index (Phi) is 7.25. The third-order valence-corrected chi connectivity index (χ3v) is 9.88. The van der Waals surface area contributed by atoms with Gasteiger partial charge >= 0.3 is 12.1 Å². The largest absolute Gasteiger partial charge is 0.458 e. The summed E-state index contributed by atoms with van der Waals surface area (Å²) in [5, 5.41) is 12.9. The van der Waals surface area contributed by atoms with Crippen molar-refractivity contribution in [2.24, 2.45) is 0 Å². The van der Waals surface area contributed by atoms with E-state index in [0.717, 1.165) is 5.56 Å². The van der Waals surface area contributed by atoms with Gasteiger partial charge in [0, 0.05) is 6.42 Å². The summed E-state index contributed by atoms with van der Waals surface area (Å²) in [6.07, 6.45) is -2.17. The van der Waals surface area contributed by atoms with Crippen molar-refractivity contribution >= 4 is 20.4 Å². The number of rotatable bonds is 7. The molecule has 1 heterocycles. The van der Waals surface area contributed by atoms with Crippen molar-refractivity contribution in [1.82, 2.24) is 5.32 Å². The second kappa shape index (κ2) is 9.06. The summed E-state index contributed by atoms with van der Waals surface area (Å²) in [7, 11) is -2.01. The number of aliphatic hydroxyl groups excluding tert-OH is 1. The Morgan fingerprint density at radius 2 is 1.96 bits per heavy atom. The van der Waals surface area contributed by atoms with Gasteiger partial charge in [0.15, 0.2) is 8.32 Å². The Morgan fingerprint density at radius 1 is 1.32 bits per heavy atom. The number of nitrogens with one attached hydrogen (secondary N) is 1. The van der Waals surface area contributed by atoms with Crippen molar-refractivity contribution in [3.63, 3.8) is 0 Å². The van der Waals surface area contributed by atoms with Gasteiger partial charge in [0.05, 0.1) is 6.61 Å². The smallest absolute Gasteiger partial charge is 0.408 e. The van der Waals surface area contributed by atoms with Gasteiger partial charge in [-0.2, -0.15) is 0 Å².